The van der Waals surface area contributed by atoms with E-state index in [1.165, 1.54) is 0 Å². The van der Waals surface area contributed by atoms with Gasteiger partial charge in [-0.3, -0.25) is 4.79 Å². The summed E-state index contributed by atoms with van der Waals surface area (Å²) in [5, 5.41) is 3.07. The van der Waals surface area contributed by atoms with Gasteiger partial charge in [0, 0.05) is 25.6 Å². The molecule has 0 unspecified atom stereocenters. The summed E-state index contributed by atoms with van der Waals surface area (Å²) in [5.41, 5.74) is 0. The van der Waals surface area contributed by atoms with Gasteiger partial charge in [-0.2, -0.15) is 0 Å². The van der Waals surface area contributed by atoms with E-state index < -0.39 is 0 Å². The number of hydrogen-bond donors (Lipinski definition) is 1. The summed E-state index contributed by atoms with van der Waals surface area (Å²) in [4.78, 5) is 13.6. The molecule has 0 aromatic carbocycles. The van der Waals surface area contributed by atoms with E-state index in [2.05, 4.69) is 5.32 Å². The van der Waals surface area contributed by atoms with E-state index in [4.69, 9.17) is 0 Å². The number of nitrogens with zero attached hydrogens (tertiary/aromatic N) is 1. The van der Waals surface area contributed by atoms with E-state index in [1.807, 2.05) is 11.9 Å². The summed E-state index contributed by atoms with van der Waals surface area (Å²) in [6.45, 7) is 2.82. The lowest BCUT2D eigenvalue weighted by Crippen LogP contribution is -2.54. The van der Waals surface area contributed by atoms with Crippen LogP contribution in [-0.4, -0.2) is 37.5 Å². The lowest BCUT2D eigenvalue weighted by atomic mass is 9.70. The van der Waals surface area contributed by atoms with Gasteiger partial charge in [-0.05, 0) is 25.8 Å². The number of piperidine rings is 2. The van der Waals surface area contributed by atoms with Crippen molar-refractivity contribution in [3.63, 3.8) is 0 Å². The Hall–Kier alpha value is -0.570. The average molecular weight is 168 g/mol. The van der Waals surface area contributed by atoms with Gasteiger partial charge >= 0.3 is 0 Å². The molecule has 0 radical (unpaired) electrons. The first-order valence-corrected chi connectivity index (χ1v) is 4.74. The third-order valence-corrected chi connectivity index (χ3v) is 3.01. The standard InChI is InChI=1S/C9H16N2O/c1-10-2-3-11-6-7-4-8(5-7)9(11)12/h7-8,10H,2-6H2,1H3. The molecule has 2 saturated heterocycles. The van der Waals surface area contributed by atoms with E-state index in [0.717, 1.165) is 38.4 Å². The summed E-state index contributed by atoms with van der Waals surface area (Å²) in [6.07, 6.45) is 2.32. The van der Waals surface area contributed by atoms with Crippen LogP contribution in [0.25, 0.3) is 0 Å². The lowest BCUT2D eigenvalue weighted by Gasteiger charge is -2.46. The van der Waals surface area contributed by atoms with Crippen LogP contribution < -0.4 is 5.32 Å². The van der Waals surface area contributed by atoms with Crippen LogP contribution in [-0.2, 0) is 4.79 Å². The molecule has 3 rings (SSSR count). The van der Waals surface area contributed by atoms with Gasteiger partial charge in [0.05, 0.1) is 0 Å². The average Bonchev–Trinajstić information content (AvgIpc) is 2.00. The van der Waals surface area contributed by atoms with Crippen molar-refractivity contribution in [3.8, 4) is 0 Å². The second kappa shape index (κ2) is 3.05. The van der Waals surface area contributed by atoms with Crippen LogP contribution in [0.1, 0.15) is 12.8 Å². The van der Waals surface area contributed by atoms with Crippen molar-refractivity contribution in [3.05, 3.63) is 0 Å². The third kappa shape index (κ3) is 1.22. The Morgan fingerprint density at radius 3 is 2.92 bits per heavy atom. The van der Waals surface area contributed by atoms with Gasteiger partial charge in [0.1, 0.15) is 0 Å². The molecule has 1 amide bonds. The van der Waals surface area contributed by atoms with Crippen molar-refractivity contribution >= 4 is 5.91 Å². The van der Waals surface area contributed by atoms with Crippen molar-refractivity contribution in [2.24, 2.45) is 11.8 Å². The molecule has 0 spiro atoms. The van der Waals surface area contributed by atoms with Crippen molar-refractivity contribution in [2.75, 3.05) is 26.7 Å². The molecule has 3 aliphatic rings. The zero-order valence-electron chi connectivity index (χ0n) is 7.55. The molecule has 0 aromatic heterocycles. The summed E-state index contributed by atoms with van der Waals surface area (Å²) in [7, 11) is 1.93. The molecule has 1 N–H and O–H groups in total. The van der Waals surface area contributed by atoms with Gasteiger partial charge < -0.3 is 10.2 Å². The smallest absolute Gasteiger partial charge is 0.225 e. The van der Waals surface area contributed by atoms with Crippen LogP contribution in [0.5, 0.6) is 0 Å². The molecular formula is C9H16N2O. The highest BCUT2D eigenvalue weighted by Crippen LogP contribution is 2.40. The fourth-order valence-corrected chi connectivity index (χ4v) is 2.19. The number of nitrogens with one attached hydrogen (secondary N) is 1. The Labute approximate surface area is 73.1 Å². The molecule has 3 fully saturated rings. The molecular weight excluding hydrogens is 152 g/mol. The first-order chi connectivity index (χ1) is 5.81. The molecule has 3 heteroatoms. The second-order valence-corrected chi connectivity index (χ2v) is 3.92. The largest absolute Gasteiger partial charge is 0.341 e. The SMILES string of the molecule is CNCCN1CC2CC(C2)C1=O. The molecule has 0 atom stereocenters. The topological polar surface area (TPSA) is 32.3 Å². The Bertz CT molecular complexity index is 187. The number of rotatable bonds is 3. The van der Waals surface area contributed by atoms with Gasteiger partial charge in [-0.15, -0.1) is 0 Å². The Morgan fingerprint density at radius 1 is 1.58 bits per heavy atom. The fourth-order valence-electron chi connectivity index (χ4n) is 2.19. The minimum Gasteiger partial charge on any atom is -0.341 e. The predicted molar refractivity (Wildman–Crippen MR) is 46.7 cm³/mol. The van der Waals surface area contributed by atoms with Crippen LogP contribution in [0.4, 0.5) is 0 Å². The van der Waals surface area contributed by atoms with Crippen LogP contribution in [0.2, 0.25) is 0 Å². The highest BCUT2D eigenvalue weighted by molar-refractivity contribution is 5.81. The van der Waals surface area contributed by atoms with Gasteiger partial charge in [0.25, 0.3) is 0 Å². The van der Waals surface area contributed by atoms with Crippen LogP contribution in [0.15, 0.2) is 0 Å². The molecule has 68 valence electrons. The first-order valence-electron chi connectivity index (χ1n) is 4.74. The molecule has 0 aromatic rings. The highest BCUT2D eigenvalue weighted by Gasteiger charge is 2.42. The van der Waals surface area contributed by atoms with E-state index >= 15 is 0 Å². The number of carbonyl (C=O) groups is 1. The minimum absolute atomic E-state index is 0.389. The minimum atomic E-state index is 0.389. The molecule has 3 nitrogen and oxygen atoms in total. The molecule has 2 heterocycles. The Kier molecular flexibility index (Phi) is 2.05. The highest BCUT2D eigenvalue weighted by atomic mass is 16.2. The van der Waals surface area contributed by atoms with Crippen LogP contribution in [0, 0.1) is 11.8 Å². The number of likely N-dealkylation sites (N-methyl/N-ethyl adjacent to an activating group) is 1. The van der Waals surface area contributed by atoms with E-state index in [0.29, 0.717) is 11.8 Å². The summed E-state index contributed by atoms with van der Waals surface area (Å²) >= 11 is 0. The Morgan fingerprint density at radius 2 is 2.33 bits per heavy atom. The summed E-state index contributed by atoms with van der Waals surface area (Å²) < 4.78 is 0. The van der Waals surface area contributed by atoms with Crippen molar-refractivity contribution in [1.82, 2.24) is 10.2 Å². The summed E-state index contributed by atoms with van der Waals surface area (Å²) in [5.74, 6) is 1.61. The number of carbonyl (C=O) groups excluding carboxylic acids is 1. The fraction of sp³-hybridized carbons (Fsp3) is 0.889. The van der Waals surface area contributed by atoms with E-state index in [-0.39, 0.29) is 0 Å². The number of fused-ring (bicyclic) bond motifs is 2. The Balaban J connectivity index is 1.86. The zero-order chi connectivity index (χ0) is 8.55. The molecule has 1 aliphatic carbocycles. The second-order valence-electron chi connectivity index (χ2n) is 3.92. The van der Waals surface area contributed by atoms with Crippen LogP contribution >= 0.6 is 0 Å². The third-order valence-electron chi connectivity index (χ3n) is 3.01. The maximum absolute atomic E-state index is 11.6. The van der Waals surface area contributed by atoms with E-state index in [9.17, 15) is 4.79 Å². The van der Waals surface area contributed by atoms with Gasteiger partial charge in [0.15, 0.2) is 0 Å². The van der Waals surface area contributed by atoms with Crippen molar-refractivity contribution < 1.29 is 4.79 Å². The van der Waals surface area contributed by atoms with Gasteiger partial charge in [0.2, 0.25) is 5.91 Å². The molecule has 2 aliphatic heterocycles. The zero-order valence-corrected chi connectivity index (χ0v) is 7.55. The van der Waals surface area contributed by atoms with Crippen molar-refractivity contribution in [2.45, 2.75) is 12.8 Å². The van der Waals surface area contributed by atoms with Crippen molar-refractivity contribution in [1.29, 1.82) is 0 Å². The van der Waals surface area contributed by atoms with E-state index in [1.54, 1.807) is 0 Å². The van der Waals surface area contributed by atoms with Crippen LogP contribution in [0.3, 0.4) is 0 Å². The number of amides is 1. The molecule has 12 heavy (non-hydrogen) atoms. The molecule has 1 saturated carbocycles. The molecule has 2 bridgehead atoms. The lowest BCUT2D eigenvalue weighted by molar-refractivity contribution is -0.148. The number of hydrogen-bond acceptors (Lipinski definition) is 2. The predicted octanol–water partition coefficient (Wildman–Crippen LogP) is 0.0742. The maximum atomic E-state index is 11.6. The summed E-state index contributed by atoms with van der Waals surface area (Å²) in [6, 6.07) is 0. The maximum Gasteiger partial charge on any atom is 0.225 e. The monoisotopic (exact) mass is 168 g/mol. The quantitative estimate of drug-likeness (QED) is 0.647. The first kappa shape index (κ1) is 8.05. The normalized spacial score (nSPS) is 33.4. The van der Waals surface area contributed by atoms with Gasteiger partial charge in [-0.25, -0.2) is 0 Å². The van der Waals surface area contributed by atoms with Gasteiger partial charge in [-0.1, -0.05) is 0 Å².